The number of aromatic nitrogens is 5. The molecule has 1 fully saturated rings. The third-order valence-corrected chi connectivity index (χ3v) is 5.18. The third-order valence-electron chi connectivity index (χ3n) is 4.17. The summed E-state index contributed by atoms with van der Waals surface area (Å²) in [5.41, 5.74) is 2.12. The van der Waals surface area contributed by atoms with Crippen molar-refractivity contribution in [3.05, 3.63) is 35.7 Å². The van der Waals surface area contributed by atoms with Gasteiger partial charge in [-0.15, -0.1) is 10.2 Å². The molecule has 26 heavy (non-hydrogen) atoms. The second kappa shape index (κ2) is 7.46. The Balaban J connectivity index is 1.42. The molecule has 136 valence electrons. The molecule has 9 heteroatoms. The minimum Gasteiger partial charge on any atom is -0.378 e. The van der Waals surface area contributed by atoms with Crippen LogP contribution in [0.25, 0.3) is 11.4 Å². The Hall–Kier alpha value is -2.39. The van der Waals surface area contributed by atoms with Crippen molar-refractivity contribution < 1.29 is 9.26 Å². The Morgan fingerprint density at radius 1 is 1.19 bits per heavy atom. The summed E-state index contributed by atoms with van der Waals surface area (Å²) < 4.78 is 12.8. The fourth-order valence-corrected chi connectivity index (χ4v) is 3.56. The van der Waals surface area contributed by atoms with Crippen molar-refractivity contribution in [3.8, 4) is 11.4 Å². The van der Waals surface area contributed by atoms with Crippen molar-refractivity contribution in [2.75, 3.05) is 31.2 Å². The Morgan fingerprint density at radius 2 is 2.04 bits per heavy atom. The van der Waals surface area contributed by atoms with E-state index in [2.05, 4.69) is 25.2 Å². The first kappa shape index (κ1) is 17.0. The lowest BCUT2D eigenvalue weighted by molar-refractivity contribution is 0.121. The van der Waals surface area contributed by atoms with Gasteiger partial charge in [-0.2, -0.15) is 4.98 Å². The Bertz CT molecular complexity index is 887. The topological polar surface area (TPSA) is 82.1 Å². The van der Waals surface area contributed by atoms with Gasteiger partial charge in [0.15, 0.2) is 5.16 Å². The summed E-state index contributed by atoms with van der Waals surface area (Å²) in [5, 5.41) is 13.5. The van der Waals surface area contributed by atoms with Crippen molar-refractivity contribution in [2.45, 2.75) is 17.8 Å². The summed E-state index contributed by atoms with van der Waals surface area (Å²) in [7, 11) is 1.97. The number of benzene rings is 1. The maximum Gasteiger partial charge on any atom is 0.237 e. The van der Waals surface area contributed by atoms with E-state index in [4.69, 9.17) is 9.26 Å². The van der Waals surface area contributed by atoms with Crippen molar-refractivity contribution in [1.82, 2.24) is 24.9 Å². The van der Waals surface area contributed by atoms with Crippen molar-refractivity contribution >= 4 is 17.7 Å². The van der Waals surface area contributed by atoms with Crippen LogP contribution in [-0.4, -0.2) is 51.2 Å². The lowest BCUT2D eigenvalue weighted by atomic mass is 10.1. The van der Waals surface area contributed by atoms with Crippen LogP contribution in [0.3, 0.4) is 0 Å². The number of anilines is 1. The van der Waals surface area contributed by atoms with Gasteiger partial charge in [-0.1, -0.05) is 40.7 Å². The number of hydrogen-bond acceptors (Lipinski definition) is 8. The van der Waals surface area contributed by atoms with Crippen LogP contribution in [0, 0.1) is 6.92 Å². The van der Waals surface area contributed by atoms with Crippen molar-refractivity contribution in [1.29, 1.82) is 0 Å². The standard InChI is InChI=1S/C17H20N6O2S/c1-12-4-3-5-13(10-12)15-18-14(25-21-15)11-26-17-20-19-16(22(17)2)23-6-8-24-9-7-23/h3-5,10H,6-9,11H2,1-2H3. The third kappa shape index (κ3) is 3.58. The second-order valence-electron chi connectivity index (χ2n) is 6.11. The molecular formula is C17H20N6O2S. The molecule has 3 aromatic rings. The average molecular weight is 372 g/mol. The van der Waals surface area contributed by atoms with E-state index in [9.17, 15) is 0 Å². The van der Waals surface area contributed by atoms with E-state index < -0.39 is 0 Å². The van der Waals surface area contributed by atoms with Gasteiger partial charge in [0, 0.05) is 25.7 Å². The molecule has 0 spiro atoms. The summed E-state index contributed by atoms with van der Waals surface area (Å²) in [4.78, 5) is 6.66. The highest BCUT2D eigenvalue weighted by molar-refractivity contribution is 7.98. The van der Waals surface area contributed by atoms with Crippen LogP contribution < -0.4 is 4.90 Å². The molecule has 0 atom stereocenters. The summed E-state index contributed by atoms with van der Waals surface area (Å²) in [5.74, 6) is 2.59. The van der Waals surface area contributed by atoms with Crippen LogP contribution in [0.15, 0.2) is 33.9 Å². The van der Waals surface area contributed by atoms with Gasteiger partial charge in [0.2, 0.25) is 17.7 Å². The molecular weight excluding hydrogens is 352 g/mol. The van der Waals surface area contributed by atoms with Crippen LogP contribution in [0.2, 0.25) is 0 Å². The molecule has 1 aliphatic heterocycles. The molecule has 4 rings (SSSR count). The monoisotopic (exact) mass is 372 g/mol. The first-order valence-electron chi connectivity index (χ1n) is 8.45. The summed E-state index contributed by atoms with van der Waals surface area (Å²) in [6.45, 7) is 5.15. The summed E-state index contributed by atoms with van der Waals surface area (Å²) in [6, 6.07) is 8.05. The molecule has 0 saturated carbocycles. The quantitative estimate of drug-likeness (QED) is 0.631. The van der Waals surface area contributed by atoms with Crippen molar-refractivity contribution in [2.24, 2.45) is 7.05 Å². The van der Waals surface area contributed by atoms with E-state index in [1.165, 1.54) is 11.8 Å². The fraction of sp³-hybridized carbons (Fsp3) is 0.412. The van der Waals surface area contributed by atoms with Crippen LogP contribution in [0.1, 0.15) is 11.5 Å². The number of aryl methyl sites for hydroxylation is 1. The first-order valence-corrected chi connectivity index (χ1v) is 9.44. The highest BCUT2D eigenvalue weighted by atomic mass is 32.2. The predicted molar refractivity (Wildman–Crippen MR) is 98.1 cm³/mol. The average Bonchev–Trinajstić information content (AvgIpc) is 3.28. The number of ether oxygens (including phenoxy) is 1. The molecule has 3 heterocycles. The zero-order chi connectivity index (χ0) is 17.9. The van der Waals surface area contributed by atoms with Gasteiger partial charge in [-0.3, -0.25) is 4.57 Å². The molecule has 0 amide bonds. The summed E-state index contributed by atoms with van der Waals surface area (Å²) >= 11 is 1.53. The maximum absolute atomic E-state index is 5.39. The Labute approximate surface area is 155 Å². The molecule has 0 aliphatic carbocycles. The van der Waals surface area contributed by atoms with Gasteiger partial charge < -0.3 is 14.2 Å². The van der Waals surface area contributed by atoms with E-state index in [1.54, 1.807) is 0 Å². The van der Waals surface area contributed by atoms with Crippen LogP contribution in [0.4, 0.5) is 5.95 Å². The smallest absolute Gasteiger partial charge is 0.237 e. The molecule has 0 radical (unpaired) electrons. The molecule has 1 saturated heterocycles. The van der Waals surface area contributed by atoms with Crippen LogP contribution >= 0.6 is 11.8 Å². The fourth-order valence-electron chi connectivity index (χ4n) is 2.81. The van der Waals surface area contributed by atoms with Crippen LogP contribution in [-0.2, 0) is 17.5 Å². The zero-order valence-electron chi connectivity index (χ0n) is 14.8. The molecule has 0 N–H and O–H groups in total. The molecule has 2 aromatic heterocycles. The van der Waals surface area contributed by atoms with Gasteiger partial charge in [0.25, 0.3) is 0 Å². The lowest BCUT2D eigenvalue weighted by Crippen LogP contribution is -2.37. The Morgan fingerprint density at radius 3 is 2.85 bits per heavy atom. The molecule has 0 bridgehead atoms. The van der Waals surface area contributed by atoms with E-state index in [0.717, 1.165) is 48.5 Å². The zero-order valence-corrected chi connectivity index (χ0v) is 15.6. The van der Waals surface area contributed by atoms with Gasteiger partial charge in [0.1, 0.15) is 0 Å². The first-order chi connectivity index (χ1) is 12.7. The van der Waals surface area contributed by atoms with Gasteiger partial charge in [-0.05, 0) is 13.0 Å². The number of nitrogens with zero attached hydrogens (tertiary/aromatic N) is 6. The number of morpholine rings is 1. The van der Waals surface area contributed by atoms with E-state index in [0.29, 0.717) is 17.5 Å². The number of thioether (sulfide) groups is 1. The highest BCUT2D eigenvalue weighted by Crippen LogP contribution is 2.25. The minimum atomic E-state index is 0.550. The molecule has 1 aromatic carbocycles. The maximum atomic E-state index is 5.39. The molecule has 0 unspecified atom stereocenters. The van der Waals surface area contributed by atoms with E-state index in [-0.39, 0.29) is 0 Å². The Kier molecular flexibility index (Phi) is 4.89. The lowest BCUT2D eigenvalue weighted by Gasteiger charge is -2.27. The number of rotatable bonds is 5. The highest BCUT2D eigenvalue weighted by Gasteiger charge is 2.19. The van der Waals surface area contributed by atoms with Crippen molar-refractivity contribution in [3.63, 3.8) is 0 Å². The minimum absolute atomic E-state index is 0.550. The predicted octanol–water partition coefficient (Wildman–Crippen LogP) is 2.30. The summed E-state index contributed by atoms with van der Waals surface area (Å²) in [6.07, 6.45) is 0. The second-order valence-corrected chi connectivity index (χ2v) is 7.05. The van der Waals surface area contributed by atoms with Gasteiger partial charge in [0.05, 0.1) is 19.0 Å². The van der Waals surface area contributed by atoms with Crippen LogP contribution in [0.5, 0.6) is 0 Å². The van der Waals surface area contributed by atoms with E-state index in [1.807, 2.05) is 42.8 Å². The SMILES string of the molecule is Cc1cccc(-c2noc(CSc3nnc(N4CCOCC4)n3C)n2)c1. The normalized spacial score (nSPS) is 14.8. The molecule has 8 nitrogen and oxygen atoms in total. The van der Waals surface area contributed by atoms with Gasteiger partial charge >= 0.3 is 0 Å². The number of hydrogen-bond donors (Lipinski definition) is 0. The largest absolute Gasteiger partial charge is 0.378 e. The van der Waals surface area contributed by atoms with Gasteiger partial charge in [-0.25, -0.2) is 0 Å². The molecule has 1 aliphatic rings. The van der Waals surface area contributed by atoms with E-state index >= 15 is 0 Å².